The van der Waals surface area contributed by atoms with Crippen molar-refractivity contribution in [1.82, 2.24) is 0 Å². The third-order valence-electron chi connectivity index (χ3n) is 3.97. The van der Waals surface area contributed by atoms with Crippen LogP contribution >= 0.6 is 0 Å². The molecular weight excluding hydrogens is 276 g/mol. The molecule has 1 saturated heterocycles. The van der Waals surface area contributed by atoms with Crippen LogP contribution in [-0.4, -0.2) is 26.2 Å². The normalized spacial score (nSPS) is 17.2. The van der Waals surface area contributed by atoms with Crippen LogP contribution in [0.2, 0.25) is 0 Å². The van der Waals surface area contributed by atoms with E-state index in [0.29, 0.717) is 13.2 Å². The molecule has 22 heavy (non-hydrogen) atoms. The molecule has 4 nitrogen and oxygen atoms in total. The fourth-order valence-corrected chi connectivity index (χ4v) is 2.64. The molecule has 1 aliphatic heterocycles. The average Bonchev–Trinajstić information content (AvgIpc) is 3.10. The van der Waals surface area contributed by atoms with E-state index < -0.39 is 0 Å². The summed E-state index contributed by atoms with van der Waals surface area (Å²) in [6.07, 6.45) is 0.794. The zero-order valence-corrected chi connectivity index (χ0v) is 12.7. The second kappa shape index (κ2) is 6.62. The van der Waals surface area contributed by atoms with Gasteiger partial charge in [-0.2, -0.15) is 0 Å². The largest absolute Gasteiger partial charge is 0.381 e. The summed E-state index contributed by atoms with van der Waals surface area (Å²) in [6, 6.07) is 17.9. The van der Waals surface area contributed by atoms with Crippen molar-refractivity contribution < 1.29 is 9.53 Å². The first-order valence-corrected chi connectivity index (χ1v) is 7.52. The molecule has 2 aromatic carbocycles. The third-order valence-corrected chi connectivity index (χ3v) is 3.97. The topological polar surface area (TPSA) is 41.6 Å². The first-order valence-electron chi connectivity index (χ1n) is 7.52. The maximum atomic E-state index is 12.3. The minimum absolute atomic E-state index is 0.0337. The van der Waals surface area contributed by atoms with Crippen LogP contribution in [0.15, 0.2) is 54.6 Å². The predicted molar refractivity (Wildman–Crippen MR) is 88.5 cm³/mol. The fourth-order valence-electron chi connectivity index (χ4n) is 2.64. The van der Waals surface area contributed by atoms with Crippen molar-refractivity contribution in [3.05, 3.63) is 54.6 Å². The number of hydrogen-bond donors (Lipinski definition) is 1. The molecule has 1 N–H and O–H groups in total. The number of ether oxygens (including phenoxy) is 1. The highest BCUT2D eigenvalue weighted by Crippen LogP contribution is 2.31. The first-order chi connectivity index (χ1) is 10.8. The molecule has 0 saturated carbocycles. The monoisotopic (exact) mass is 296 g/mol. The van der Waals surface area contributed by atoms with Crippen molar-refractivity contribution in [2.75, 3.05) is 30.5 Å². The van der Waals surface area contributed by atoms with E-state index in [9.17, 15) is 4.79 Å². The van der Waals surface area contributed by atoms with Crippen LogP contribution in [0.3, 0.4) is 0 Å². The van der Waals surface area contributed by atoms with Gasteiger partial charge in [-0.1, -0.05) is 30.3 Å². The summed E-state index contributed by atoms with van der Waals surface area (Å²) in [7, 11) is 2.00. The molecule has 4 heteroatoms. The molecule has 1 atom stereocenters. The second-order valence-corrected chi connectivity index (χ2v) is 5.46. The van der Waals surface area contributed by atoms with Gasteiger partial charge in [0.1, 0.15) is 0 Å². The van der Waals surface area contributed by atoms with E-state index in [0.717, 1.165) is 23.5 Å². The van der Waals surface area contributed by atoms with Gasteiger partial charge in [-0.25, -0.2) is 0 Å². The van der Waals surface area contributed by atoms with E-state index in [1.54, 1.807) is 0 Å². The number of hydrogen-bond acceptors (Lipinski definition) is 3. The number of rotatable bonds is 4. The van der Waals surface area contributed by atoms with Gasteiger partial charge in [0.05, 0.1) is 23.9 Å². The van der Waals surface area contributed by atoms with E-state index in [4.69, 9.17) is 4.74 Å². The molecule has 1 amide bonds. The molecule has 0 unspecified atom stereocenters. The summed E-state index contributed by atoms with van der Waals surface area (Å²) < 4.78 is 5.29. The van der Waals surface area contributed by atoms with Crippen LogP contribution in [0.25, 0.3) is 0 Å². The Bertz CT molecular complexity index is 637. The third kappa shape index (κ3) is 3.12. The lowest BCUT2D eigenvalue weighted by Gasteiger charge is -2.23. The molecule has 0 bridgehead atoms. The number of nitrogens with zero attached hydrogens (tertiary/aromatic N) is 1. The van der Waals surface area contributed by atoms with Gasteiger partial charge >= 0.3 is 0 Å². The van der Waals surface area contributed by atoms with E-state index in [1.807, 2.05) is 61.6 Å². The number of para-hydroxylation sites is 3. The molecule has 114 valence electrons. The Labute approximate surface area is 130 Å². The lowest BCUT2D eigenvalue weighted by Crippen LogP contribution is -2.24. The summed E-state index contributed by atoms with van der Waals surface area (Å²) >= 11 is 0. The molecule has 3 rings (SSSR count). The number of nitrogens with one attached hydrogen (secondary N) is 1. The maximum Gasteiger partial charge on any atom is 0.229 e. The SMILES string of the molecule is CN(c1ccccc1)c1ccccc1NC(=O)[C@@H]1CCOC1. The van der Waals surface area contributed by atoms with E-state index in [-0.39, 0.29) is 11.8 Å². The van der Waals surface area contributed by atoms with Gasteiger partial charge in [0.15, 0.2) is 0 Å². The van der Waals surface area contributed by atoms with Crippen molar-refractivity contribution in [3.63, 3.8) is 0 Å². The molecular formula is C18H20N2O2. The van der Waals surface area contributed by atoms with Gasteiger partial charge in [-0.05, 0) is 30.7 Å². The predicted octanol–water partition coefficient (Wildman–Crippen LogP) is 3.43. The Morgan fingerprint density at radius 1 is 1.14 bits per heavy atom. The molecule has 0 aromatic heterocycles. The Kier molecular flexibility index (Phi) is 4.39. The van der Waals surface area contributed by atoms with E-state index in [2.05, 4.69) is 10.2 Å². The Morgan fingerprint density at radius 3 is 2.59 bits per heavy atom. The fraction of sp³-hybridized carbons (Fsp3) is 0.278. The molecule has 0 aliphatic carbocycles. The Morgan fingerprint density at radius 2 is 1.86 bits per heavy atom. The summed E-state index contributed by atoms with van der Waals surface area (Å²) in [4.78, 5) is 14.4. The quantitative estimate of drug-likeness (QED) is 0.940. The minimum atomic E-state index is -0.0462. The molecule has 1 heterocycles. The van der Waals surface area contributed by atoms with Gasteiger partial charge in [0, 0.05) is 19.3 Å². The summed E-state index contributed by atoms with van der Waals surface area (Å²) in [5.74, 6) is -0.0125. The molecule has 1 fully saturated rings. The van der Waals surface area contributed by atoms with Crippen LogP contribution in [-0.2, 0) is 9.53 Å². The van der Waals surface area contributed by atoms with Crippen molar-refractivity contribution >= 4 is 23.0 Å². The van der Waals surface area contributed by atoms with Gasteiger partial charge in [0.2, 0.25) is 5.91 Å². The Balaban J connectivity index is 1.82. The molecule has 0 radical (unpaired) electrons. The van der Waals surface area contributed by atoms with Crippen molar-refractivity contribution in [2.45, 2.75) is 6.42 Å². The summed E-state index contributed by atoms with van der Waals surface area (Å²) in [5.41, 5.74) is 2.88. The van der Waals surface area contributed by atoms with Crippen LogP contribution in [0, 0.1) is 5.92 Å². The highest BCUT2D eigenvalue weighted by atomic mass is 16.5. The summed E-state index contributed by atoms with van der Waals surface area (Å²) in [6.45, 7) is 1.19. The average molecular weight is 296 g/mol. The van der Waals surface area contributed by atoms with Gasteiger partial charge < -0.3 is 15.0 Å². The van der Waals surface area contributed by atoms with Crippen LogP contribution in [0.1, 0.15) is 6.42 Å². The Hall–Kier alpha value is -2.33. The number of benzene rings is 2. The standard InChI is InChI=1S/C18H20N2O2/c1-20(15-7-3-2-4-8-15)17-10-6-5-9-16(17)19-18(21)14-11-12-22-13-14/h2-10,14H,11-13H2,1H3,(H,19,21)/t14-/m1/s1. The first kappa shape index (κ1) is 14.6. The smallest absolute Gasteiger partial charge is 0.229 e. The highest BCUT2D eigenvalue weighted by Gasteiger charge is 2.24. The second-order valence-electron chi connectivity index (χ2n) is 5.46. The van der Waals surface area contributed by atoms with Crippen molar-refractivity contribution in [1.29, 1.82) is 0 Å². The zero-order chi connectivity index (χ0) is 15.4. The van der Waals surface area contributed by atoms with E-state index in [1.165, 1.54) is 0 Å². The molecule has 1 aliphatic rings. The lowest BCUT2D eigenvalue weighted by atomic mass is 10.1. The van der Waals surface area contributed by atoms with Crippen molar-refractivity contribution in [3.8, 4) is 0 Å². The minimum Gasteiger partial charge on any atom is -0.381 e. The van der Waals surface area contributed by atoms with Crippen molar-refractivity contribution in [2.24, 2.45) is 5.92 Å². The molecule has 0 spiro atoms. The summed E-state index contributed by atoms with van der Waals surface area (Å²) in [5, 5.41) is 3.04. The van der Waals surface area contributed by atoms with Crippen LogP contribution in [0.4, 0.5) is 17.1 Å². The van der Waals surface area contributed by atoms with E-state index >= 15 is 0 Å². The molecule has 2 aromatic rings. The number of amides is 1. The van der Waals surface area contributed by atoms with Gasteiger partial charge in [0.25, 0.3) is 0 Å². The highest BCUT2D eigenvalue weighted by molar-refractivity contribution is 5.96. The van der Waals surface area contributed by atoms with Gasteiger partial charge in [-0.15, -0.1) is 0 Å². The maximum absolute atomic E-state index is 12.3. The van der Waals surface area contributed by atoms with Gasteiger partial charge in [-0.3, -0.25) is 4.79 Å². The van der Waals surface area contributed by atoms with Crippen LogP contribution < -0.4 is 10.2 Å². The number of anilines is 3. The lowest BCUT2D eigenvalue weighted by molar-refractivity contribution is -0.119. The zero-order valence-electron chi connectivity index (χ0n) is 12.7. The van der Waals surface area contributed by atoms with Crippen LogP contribution in [0.5, 0.6) is 0 Å². The number of carbonyl (C=O) groups is 1. The number of carbonyl (C=O) groups excluding carboxylic acids is 1.